The molecule has 0 atom stereocenters. The molecule has 1 heterocycles. The van der Waals surface area contributed by atoms with Gasteiger partial charge in [0, 0.05) is 6.42 Å². The van der Waals surface area contributed by atoms with E-state index < -0.39 is 0 Å². The van der Waals surface area contributed by atoms with Crippen molar-refractivity contribution >= 4 is 0 Å². The van der Waals surface area contributed by atoms with Gasteiger partial charge in [-0.1, -0.05) is 12.1 Å². The molecule has 14 heavy (non-hydrogen) atoms. The summed E-state index contributed by atoms with van der Waals surface area (Å²) in [5.74, 6) is 5.98. The summed E-state index contributed by atoms with van der Waals surface area (Å²) in [5, 5.41) is 0. The molecule has 2 N–H and O–H groups in total. The minimum absolute atomic E-state index is 0.0788. The second-order valence-electron chi connectivity index (χ2n) is 4.29. The zero-order valence-electron chi connectivity index (χ0n) is 8.54. The molecule has 0 saturated heterocycles. The van der Waals surface area contributed by atoms with Gasteiger partial charge in [0.2, 0.25) is 0 Å². The second kappa shape index (κ2) is 3.26. The van der Waals surface area contributed by atoms with E-state index in [1.54, 1.807) is 0 Å². The van der Waals surface area contributed by atoms with E-state index in [9.17, 15) is 0 Å². The Morgan fingerprint density at radius 2 is 2.29 bits per heavy atom. The van der Waals surface area contributed by atoms with E-state index in [1.807, 2.05) is 12.1 Å². The van der Waals surface area contributed by atoms with E-state index >= 15 is 0 Å². The van der Waals surface area contributed by atoms with Gasteiger partial charge in [0.25, 0.3) is 0 Å². The quantitative estimate of drug-likeness (QED) is 0.728. The van der Waals surface area contributed by atoms with Gasteiger partial charge in [0.15, 0.2) is 0 Å². The molecule has 0 unspecified atom stereocenters. The van der Waals surface area contributed by atoms with Crippen molar-refractivity contribution in [2.24, 2.45) is 5.90 Å². The molecule has 2 rings (SSSR count). The average Bonchev–Trinajstić information content (AvgIpc) is 2.38. The first kappa shape index (κ1) is 9.49. The van der Waals surface area contributed by atoms with Crippen molar-refractivity contribution in [1.29, 1.82) is 0 Å². The molecule has 1 aromatic carbocycles. The minimum Gasteiger partial charge on any atom is -0.487 e. The van der Waals surface area contributed by atoms with Crippen molar-refractivity contribution in [3.63, 3.8) is 0 Å². The van der Waals surface area contributed by atoms with Crippen molar-refractivity contribution in [3.8, 4) is 5.75 Å². The summed E-state index contributed by atoms with van der Waals surface area (Å²) < 4.78 is 5.78. The highest BCUT2D eigenvalue weighted by Crippen LogP contribution is 2.35. The van der Waals surface area contributed by atoms with Crippen LogP contribution in [0.1, 0.15) is 25.0 Å². The summed E-state index contributed by atoms with van der Waals surface area (Å²) in [5.41, 5.74) is 2.23. The highest BCUT2D eigenvalue weighted by atomic mass is 16.6. The molecular weight excluding hydrogens is 178 g/mol. The molecular formula is C11H15NO2. The molecule has 0 aromatic heterocycles. The largest absolute Gasteiger partial charge is 0.487 e. The molecule has 0 saturated carbocycles. The number of rotatable bonds is 2. The molecule has 3 heteroatoms. The summed E-state index contributed by atoms with van der Waals surface area (Å²) in [6.45, 7) is 4.61. The number of hydrogen-bond donors (Lipinski definition) is 1. The molecule has 0 amide bonds. The van der Waals surface area contributed by atoms with Crippen LogP contribution < -0.4 is 10.6 Å². The maximum absolute atomic E-state index is 5.78. The van der Waals surface area contributed by atoms with Crippen LogP contribution >= 0.6 is 0 Å². The van der Waals surface area contributed by atoms with Crippen molar-refractivity contribution in [3.05, 3.63) is 29.3 Å². The molecule has 0 radical (unpaired) electrons. The lowest BCUT2D eigenvalue weighted by Crippen LogP contribution is -2.24. The highest BCUT2D eigenvalue weighted by molar-refractivity contribution is 5.41. The number of ether oxygens (including phenoxy) is 1. The first-order chi connectivity index (χ1) is 6.61. The fourth-order valence-corrected chi connectivity index (χ4v) is 1.82. The lowest BCUT2D eigenvalue weighted by Gasteiger charge is -2.16. The summed E-state index contributed by atoms with van der Waals surface area (Å²) in [6, 6.07) is 6.10. The second-order valence-corrected chi connectivity index (χ2v) is 4.29. The molecule has 1 aliphatic heterocycles. The van der Waals surface area contributed by atoms with E-state index in [0.717, 1.165) is 17.7 Å². The molecule has 1 aromatic rings. The third kappa shape index (κ3) is 1.74. The molecule has 76 valence electrons. The van der Waals surface area contributed by atoms with Crippen LogP contribution in [0.3, 0.4) is 0 Å². The lowest BCUT2D eigenvalue weighted by molar-refractivity contribution is 0.122. The van der Waals surface area contributed by atoms with Gasteiger partial charge in [-0.3, -0.25) is 4.84 Å². The first-order valence-electron chi connectivity index (χ1n) is 4.73. The molecule has 0 aliphatic carbocycles. The number of hydrogen-bond acceptors (Lipinski definition) is 3. The topological polar surface area (TPSA) is 44.5 Å². The fraction of sp³-hybridized carbons (Fsp3) is 0.455. The van der Waals surface area contributed by atoms with Crippen molar-refractivity contribution in [1.82, 2.24) is 0 Å². The van der Waals surface area contributed by atoms with Gasteiger partial charge < -0.3 is 4.74 Å². The van der Waals surface area contributed by atoms with Crippen LogP contribution in [-0.4, -0.2) is 5.60 Å². The molecule has 3 nitrogen and oxygen atoms in total. The van der Waals surface area contributed by atoms with Crippen molar-refractivity contribution < 1.29 is 9.57 Å². The van der Waals surface area contributed by atoms with Gasteiger partial charge in [-0.25, -0.2) is 5.90 Å². The lowest BCUT2D eigenvalue weighted by atomic mass is 10.0. The SMILES string of the molecule is CC1(C)Cc2ccc(CON)cc2O1. The van der Waals surface area contributed by atoms with Crippen LogP contribution in [0, 0.1) is 0 Å². The Bertz CT molecular complexity index is 347. The Morgan fingerprint density at radius 3 is 3.00 bits per heavy atom. The Morgan fingerprint density at radius 1 is 1.50 bits per heavy atom. The zero-order valence-corrected chi connectivity index (χ0v) is 8.54. The van der Waals surface area contributed by atoms with Gasteiger partial charge in [-0.2, -0.15) is 0 Å². The molecule has 0 fully saturated rings. The number of fused-ring (bicyclic) bond motifs is 1. The van der Waals surface area contributed by atoms with Crippen LogP contribution in [-0.2, 0) is 17.9 Å². The van der Waals surface area contributed by atoms with E-state index in [4.69, 9.17) is 10.6 Å². The zero-order chi connectivity index (χ0) is 10.2. The van der Waals surface area contributed by atoms with Gasteiger partial charge >= 0.3 is 0 Å². The molecule has 0 bridgehead atoms. The standard InChI is InChI=1S/C11H15NO2/c1-11(2)6-9-4-3-8(7-13-12)5-10(9)14-11/h3-5H,6-7,12H2,1-2H3. The van der Waals surface area contributed by atoms with Crippen molar-refractivity contribution in [2.75, 3.05) is 0 Å². The van der Waals surface area contributed by atoms with Gasteiger partial charge in [0.05, 0.1) is 6.61 Å². The van der Waals surface area contributed by atoms with Crippen LogP contribution in [0.5, 0.6) is 5.75 Å². The van der Waals surface area contributed by atoms with E-state index in [1.165, 1.54) is 5.56 Å². The first-order valence-corrected chi connectivity index (χ1v) is 4.73. The number of nitrogens with two attached hydrogens (primary N) is 1. The van der Waals surface area contributed by atoms with Crippen molar-refractivity contribution in [2.45, 2.75) is 32.5 Å². The van der Waals surface area contributed by atoms with E-state index in [0.29, 0.717) is 6.61 Å². The third-order valence-electron chi connectivity index (χ3n) is 2.38. The Balaban J connectivity index is 2.26. The Hall–Kier alpha value is -1.06. The van der Waals surface area contributed by atoms with Gasteiger partial charge in [-0.15, -0.1) is 0 Å². The molecule has 0 spiro atoms. The maximum atomic E-state index is 5.78. The summed E-state index contributed by atoms with van der Waals surface area (Å²) >= 11 is 0. The highest BCUT2D eigenvalue weighted by Gasteiger charge is 2.29. The number of benzene rings is 1. The summed E-state index contributed by atoms with van der Waals surface area (Å²) in [6.07, 6.45) is 0.964. The molecule has 1 aliphatic rings. The third-order valence-corrected chi connectivity index (χ3v) is 2.38. The summed E-state index contributed by atoms with van der Waals surface area (Å²) in [7, 11) is 0. The smallest absolute Gasteiger partial charge is 0.123 e. The summed E-state index contributed by atoms with van der Waals surface area (Å²) in [4.78, 5) is 4.58. The maximum Gasteiger partial charge on any atom is 0.123 e. The van der Waals surface area contributed by atoms with Crippen LogP contribution in [0.2, 0.25) is 0 Å². The Labute approximate surface area is 83.8 Å². The normalized spacial score (nSPS) is 17.6. The Kier molecular flexibility index (Phi) is 2.21. The van der Waals surface area contributed by atoms with E-state index in [-0.39, 0.29) is 5.60 Å². The minimum atomic E-state index is -0.0788. The average molecular weight is 193 g/mol. The monoisotopic (exact) mass is 193 g/mol. The predicted octanol–water partition coefficient (Wildman–Crippen LogP) is 1.79. The van der Waals surface area contributed by atoms with Gasteiger partial charge in [0.1, 0.15) is 11.4 Å². The fourth-order valence-electron chi connectivity index (χ4n) is 1.82. The van der Waals surface area contributed by atoms with Gasteiger partial charge in [-0.05, 0) is 31.0 Å². The predicted molar refractivity (Wildman–Crippen MR) is 53.8 cm³/mol. The van der Waals surface area contributed by atoms with Crippen LogP contribution in [0.4, 0.5) is 0 Å². The van der Waals surface area contributed by atoms with Crippen LogP contribution in [0.15, 0.2) is 18.2 Å². The van der Waals surface area contributed by atoms with E-state index in [2.05, 4.69) is 24.8 Å². The van der Waals surface area contributed by atoms with Crippen LogP contribution in [0.25, 0.3) is 0 Å².